The number of piperidine rings is 1. The van der Waals surface area contributed by atoms with Crippen LogP contribution in [0.3, 0.4) is 0 Å². The molecule has 2 fully saturated rings. The van der Waals surface area contributed by atoms with Crippen LogP contribution < -0.4 is 5.32 Å². The highest BCUT2D eigenvalue weighted by Crippen LogP contribution is 2.17. The van der Waals surface area contributed by atoms with Crippen molar-refractivity contribution in [3.8, 4) is 0 Å². The van der Waals surface area contributed by atoms with Crippen molar-refractivity contribution in [3.05, 3.63) is 0 Å². The van der Waals surface area contributed by atoms with E-state index in [9.17, 15) is 14.4 Å². The Bertz CT molecular complexity index is 313. The van der Waals surface area contributed by atoms with E-state index >= 15 is 0 Å². The number of urea groups is 1. The van der Waals surface area contributed by atoms with Gasteiger partial charge in [-0.25, -0.2) is 4.79 Å². The smallest absolute Gasteiger partial charge is 0.324 e. The summed E-state index contributed by atoms with van der Waals surface area (Å²) < 4.78 is 0. The molecule has 2 saturated heterocycles. The number of carbonyl (C=O) groups is 3. The lowest BCUT2D eigenvalue weighted by Crippen LogP contribution is -2.51. The van der Waals surface area contributed by atoms with E-state index in [1.165, 1.54) is 4.90 Å². The first kappa shape index (κ1) is 9.95. The number of hydrogen-bond acceptors (Lipinski definition) is 3. The molecule has 82 valence electrons. The second kappa shape index (κ2) is 3.52. The van der Waals surface area contributed by atoms with Gasteiger partial charge in [0.25, 0.3) is 0 Å². The standard InChI is InChI=1S/C9H13N3O3/c1-11-5-6(2-3-7(11)13)12-8(14)4-10-9(12)15/h6H,2-5H2,1H3,(H,10,15). The normalized spacial score (nSPS) is 27.3. The number of nitrogens with zero attached hydrogens (tertiary/aromatic N) is 2. The molecule has 4 amide bonds. The molecule has 1 atom stereocenters. The number of likely N-dealkylation sites (tertiary alicyclic amines) is 1. The molecule has 2 rings (SSSR count). The summed E-state index contributed by atoms with van der Waals surface area (Å²) in [5, 5.41) is 2.48. The molecule has 1 N–H and O–H groups in total. The van der Waals surface area contributed by atoms with Crippen LogP contribution in [-0.2, 0) is 9.59 Å². The second-order valence-corrected chi connectivity index (χ2v) is 3.89. The minimum atomic E-state index is -0.340. The maximum atomic E-state index is 11.4. The summed E-state index contributed by atoms with van der Waals surface area (Å²) in [5.74, 6) is -0.133. The fraction of sp³-hybridized carbons (Fsp3) is 0.667. The third-order valence-electron chi connectivity index (χ3n) is 2.85. The Morgan fingerprint density at radius 2 is 2.00 bits per heavy atom. The zero-order valence-electron chi connectivity index (χ0n) is 8.52. The maximum Gasteiger partial charge on any atom is 0.324 e. The van der Waals surface area contributed by atoms with Crippen LogP contribution in [0.4, 0.5) is 4.79 Å². The van der Waals surface area contributed by atoms with Crippen molar-refractivity contribution in [1.29, 1.82) is 0 Å². The minimum absolute atomic E-state index is 0.0679. The van der Waals surface area contributed by atoms with Gasteiger partial charge in [-0.15, -0.1) is 0 Å². The van der Waals surface area contributed by atoms with Gasteiger partial charge in [-0.05, 0) is 6.42 Å². The summed E-state index contributed by atoms with van der Waals surface area (Å²) in [6.45, 7) is 0.519. The van der Waals surface area contributed by atoms with Gasteiger partial charge in [0.1, 0.15) is 0 Å². The van der Waals surface area contributed by atoms with Gasteiger partial charge in [-0.2, -0.15) is 0 Å². The quantitative estimate of drug-likeness (QED) is 0.575. The number of amides is 4. The third kappa shape index (κ3) is 1.67. The average molecular weight is 211 g/mol. The van der Waals surface area contributed by atoms with Crippen LogP contribution in [0.5, 0.6) is 0 Å². The molecule has 6 heteroatoms. The summed E-state index contributed by atoms with van der Waals surface area (Å²) in [4.78, 5) is 36.8. The van der Waals surface area contributed by atoms with Crippen LogP contribution in [0.25, 0.3) is 0 Å². The van der Waals surface area contributed by atoms with Crippen LogP contribution >= 0.6 is 0 Å². The molecule has 6 nitrogen and oxygen atoms in total. The lowest BCUT2D eigenvalue weighted by atomic mass is 10.0. The summed E-state index contributed by atoms with van der Waals surface area (Å²) in [7, 11) is 1.69. The van der Waals surface area contributed by atoms with Crippen LogP contribution in [0.1, 0.15) is 12.8 Å². The first-order valence-corrected chi connectivity index (χ1v) is 4.93. The van der Waals surface area contributed by atoms with Gasteiger partial charge in [0.05, 0.1) is 12.6 Å². The molecule has 0 bridgehead atoms. The summed E-state index contributed by atoms with van der Waals surface area (Å²) >= 11 is 0. The van der Waals surface area contributed by atoms with E-state index in [4.69, 9.17) is 0 Å². The first-order chi connectivity index (χ1) is 7.09. The second-order valence-electron chi connectivity index (χ2n) is 3.89. The number of likely N-dealkylation sites (N-methyl/N-ethyl adjacent to an activating group) is 1. The number of imide groups is 1. The molecular formula is C9H13N3O3. The monoisotopic (exact) mass is 211 g/mol. The molecule has 0 aromatic rings. The van der Waals surface area contributed by atoms with E-state index in [-0.39, 0.29) is 30.4 Å². The van der Waals surface area contributed by atoms with Gasteiger partial charge in [-0.3, -0.25) is 14.5 Å². The summed E-state index contributed by atoms with van der Waals surface area (Å²) in [6.07, 6.45) is 0.973. The zero-order chi connectivity index (χ0) is 11.0. The van der Waals surface area contributed by atoms with Crippen molar-refractivity contribution in [2.45, 2.75) is 18.9 Å². The van der Waals surface area contributed by atoms with Gasteiger partial charge < -0.3 is 10.2 Å². The molecule has 0 aliphatic carbocycles. The Morgan fingerprint density at radius 1 is 1.27 bits per heavy atom. The first-order valence-electron chi connectivity index (χ1n) is 4.93. The molecule has 2 aliphatic rings. The SMILES string of the molecule is CN1CC(N2C(=O)CNC2=O)CCC1=O. The maximum absolute atomic E-state index is 11.4. The van der Waals surface area contributed by atoms with Crippen molar-refractivity contribution >= 4 is 17.8 Å². The number of hydrogen-bond donors (Lipinski definition) is 1. The Balaban J connectivity index is 2.08. The van der Waals surface area contributed by atoms with Crippen LogP contribution in [0.2, 0.25) is 0 Å². The van der Waals surface area contributed by atoms with E-state index in [0.717, 1.165) is 0 Å². The van der Waals surface area contributed by atoms with E-state index < -0.39 is 0 Å². The molecular weight excluding hydrogens is 198 g/mol. The number of nitrogens with one attached hydrogen (secondary N) is 1. The lowest BCUT2D eigenvalue weighted by Gasteiger charge is -2.33. The lowest BCUT2D eigenvalue weighted by molar-refractivity contribution is -0.136. The Labute approximate surface area is 87.2 Å². The summed E-state index contributed by atoms with van der Waals surface area (Å²) in [5.41, 5.74) is 0. The molecule has 0 aromatic carbocycles. The highest BCUT2D eigenvalue weighted by molar-refractivity contribution is 6.02. The predicted molar refractivity (Wildman–Crippen MR) is 50.9 cm³/mol. The van der Waals surface area contributed by atoms with Crippen LogP contribution in [0.15, 0.2) is 0 Å². The zero-order valence-corrected chi connectivity index (χ0v) is 8.52. The van der Waals surface area contributed by atoms with E-state index in [2.05, 4.69) is 5.32 Å². The van der Waals surface area contributed by atoms with E-state index in [1.54, 1.807) is 11.9 Å². The molecule has 0 radical (unpaired) electrons. The van der Waals surface area contributed by atoms with Gasteiger partial charge in [-0.1, -0.05) is 0 Å². The van der Waals surface area contributed by atoms with E-state index in [1.807, 2.05) is 0 Å². The van der Waals surface area contributed by atoms with E-state index in [0.29, 0.717) is 19.4 Å². The molecule has 2 heterocycles. The molecule has 0 spiro atoms. The highest BCUT2D eigenvalue weighted by atomic mass is 16.2. The van der Waals surface area contributed by atoms with Gasteiger partial charge in [0, 0.05) is 20.0 Å². The fourth-order valence-electron chi connectivity index (χ4n) is 2.01. The largest absolute Gasteiger partial charge is 0.344 e. The molecule has 1 unspecified atom stereocenters. The highest BCUT2D eigenvalue weighted by Gasteiger charge is 2.37. The summed E-state index contributed by atoms with van der Waals surface area (Å²) in [6, 6.07) is -0.504. The topological polar surface area (TPSA) is 69.7 Å². The fourth-order valence-corrected chi connectivity index (χ4v) is 2.01. The van der Waals surface area contributed by atoms with Crippen molar-refractivity contribution in [2.24, 2.45) is 0 Å². The van der Waals surface area contributed by atoms with Gasteiger partial charge >= 0.3 is 6.03 Å². The van der Waals surface area contributed by atoms with Crippen molar-refractivity contribution in [2.75, 3.05) is 20.1 Å². The Morgan fingerprint density at radius 3 is 2.53 bits per heavy atom. The predicted octanol–water partition coefficient (Wildman–Crippen LogP) is -0.841. The molecule has 0 saturated carbocycles. The van der Waals surface area contributed by atoms with Gasteiger partial charge in [0.15, 0.2) is 0 Å². The Hall–Kier alpha value is -1.59. The number of rotatable bonds is 1. The number of carbonyl (C=O) groups excluding carboxylic acids is 3. The molecule has 0 aromatic heterocycles. The minimum Gasteiger partial charge on any atom is -0.344 e. The molecule has 15 heavy (non-hydrogen) atoms. The third-order valence-corrected chi connectivity index (χ3v) is 2.85. The van der Waals surface area contributed by atoms with Crippen LogP contribution in [-0.4, -0.2) is 53.8 Å². The average Bonchev–Trinajstić information content (AvgIpc) is 2.52. The van der Waals surface area contributed by atoms with Crippen molar-refractivity contribution in [3.63, 3.8) is 0 Å². The van der Waals surface area contributed by atoms with Crippen LogP contribution in [0, 0.1) is 0 Å². The van der Waals surface area contributed by atoms with Crippen molar-refractivity contribution < 1.29 is 14.4 Å². The van der Waals surface area contributed by atoms with Gasteiger partial charge in [0.2, 0.25) is 11.8 Å². The molecule has 2 aliphatic heterocycles. The Kier molecular flexibility index (Phi) is 2.34. The van der Waals surface area contributed by atoms with Crippen molar-refractivity contribution in [1.82, 2.24) is 15.1 Å².